The Morgan fingerprint density at radius 3 is 2.50 bits per heavy atom. The number of hydrogen-bond donors (Lipinski definition) is 1. The number of nitrogens with zero attached hydrogens (tertiary/aromatic N) is 1. The van der Waals surface area contributed by atoms with E-state index in [2.05, 4.69) is 4.72 Å². The standard InChI is InChI=1S/C10H15FN2O2S/c1-13(2)8-7-12-16(14,15)10-6-4-3-5-9(10)11/h3-6,12H,7-8H2,1-2H3. The van der Waals surface area contributed by atoms with E-state index in [1.165, 1.54) is 18.2 Å². The Bertz CT molecular complexity index is 446. The predicted molar refractivity (Wildman–Crippen MR) is 60.1 cm³/mol. The molecule has 0 aromatic heterocycles. The van der Waals surface area contributed by atoms with Crippen molar-refractivity contribution < 1.29 is 12.8 Å². The molecule has 0 saturated heterocycles. The molecule has 6 heteroatoms. The highest BCUT2D eigenvalue weighted by Crippen LogP contribution is 2.12. The summed E-state index contributed by atoms with van der Waals surface area (Å²) < 4.78 is 38.9. The normalized spacial score (nSPS) is 12.0. The van der Waals surface area contributed by atoms with Gasteiger partial charge in [-0.05, 0) is 26.2 Å². The van der Waals surface area contributed by atoms with Crippen molar-refractivity contribution in [2.75, 3.05) is 27.2 Å². The maximum absolute atomic E-state index is 13.2. The van der Waals surface area contributed by atoms with Gasteiger partial charge in [0.2, 0.25) is 10.0 Å². The van der Waals surface area contributed by atoms with Gasteiger partial charge in [0.1, 0.15) is 10.7 Å². The van der Waals surface area contributed by atoms with E-state index >= 15 is 0 Å². The van der Waals surface area contributed by atoms with Gasteiger partial charge in [0, 0.05) is 13.1 Å². The molecule has 0 radical (unpaired) electrons. The van der Waals surface area contributed by atoms with E-state index in [1.54, 1.807) is 0 Å². The van der Waals surface area contributed by atoms with E-state index in [0.717, 1.165) is 6.07 Å². The van der Waals surface area contributed by atoms with Crippen LogP contribution in [0.4, 0.5) is 4.39 Å². The van der Waals surface area contributed by atoms with Crippen molar-refractivity contribution in [2.24, 2.45) is 0 Å². The van der Waals surface area contributed by atoms with Crippen LogP contribution >= 0.6 is 0 Å². The van der Waals surface area contributed by atoms with Crippen LogP contribution in [0.1, 0.15) is 0 Å². The molecule has 1 aromatic carbocycles. The number of hydrogen-bond acceptors (Lipinski definition) is 3. The van der Waals surface area contributed by atoms with Crippen molar-refractivity contribution in [1.29, 1.82) is 0 Å². The molecule has 0 unspecified atom stereocenters. The molecule has 0 spiro atoms. The molecule has 1 rings (SSSR count). The number of nitrogens with one attached hydrogen (secondary N) is 1. The molecule has 0 atom stereocenters. The van der Waals surface area contributed by atoms with Crippen molar-refractivity contribution in [3.8, 4) is 0 Å². The molecule has 1 N–H and O–H groups in total. The van der Waals surface area contributed by atoms with Gasteiger partial charge < -0.3 is 4.90 Å². The van der Waals surface area contributed by atoms with Crippen LogP contribution in [-0.2, 0) is 10.0 Å². The van der Waals surface area contributed by atoms with E-state index in [9.17, 15) is 12.8 Å². The van der Waals surface area contributed by atoms with E-state index in [-0.39, 0.29) is 11.4 Å². The van der Waals surface area contributed by atoms with Crippen molar-refractivity contribution in [3.63, 3.8) is 0 Å². The van der Waals surface area contributed by atoms with Crippen LogP contribution in [0.2, 0.25) is 0 Å². The maximum atomic E-state index is 13.2. The van der Waals surface area contributed by atoms with Gasteiger partial charge in [-0.2, -0.15) is 0 Å². The Kier molecular flexibility index (Phi) is 4.40. The topological polar surface area (TPSA) is 49.4 Å². The molecule has 0 aliphatic carbocycles. The number of benzene rings is 1. The first-order valence-corrected chi connectivity index (χ1v) is 6.31. The minimum Gasteiger partial charge on any atom is -0.308 e. The lowest BCUT2D eigenvalue weighted by atomic mass is 10.4. The molecular weight excluding hydrogens is 231 g/mol. The number of rotatable bonds is 5. The third-order valence-corrected chi connectivity index (χ3v) is 3.47. The zero-order valence-corrected chi connectivity index (χ0v) is 10.1. The molecule has 0 heterocycles. The molecule has 0 amide bonds. The van der Waals surface area contributed by atoms with Crippen molar-refractivity contribution in [1.82, 2.24) is 9.62 Å². The number of likely N-dealkylation sites (N-methyl/N-ethyl adjacent to an activating group) is 1. The van der Waals surface area contributed by atoms with Crippen LogP contribution in [0, 0.1) is 5.82 Å². The van der Waals surface area contributed by atoms with Gasteiger partial charge in [-0.25, -0.2) is 17.5 Å². The largest absolute Gasteiger partial charge is 0.308 e. The van der Waals surface area contributed by atoms with Gasteiger partial charge in [-0.3, -0.25) is 0 Å². The smallest absolute Gasteiger partial charge is 0.243 e. The summed E-state index contributed by atoms with van der Waals surface area (Å²) in [5.74, 6) is -0.736. The molecule has 4 nitrogen and oxygen atoms in total. The lowest BCUT2D eigenvalue weighted by molar-refractivity contribution is 0.412. The van der Waals surface area contributed by atoms with Crippen molar-refractivity contribution in [3.05, 3.63) is 30.1 Å². The molecule has 0 fully saturated rings. The average molecular weight is 246 g/mol. The van der Waals surface area contributed by atoms with E-state index in [0.29, 0.717) is 6.54 Å². The summed E-state index contributed by atoms with van der Waals surface area (Å²) in [5.41, 5.74) is 0. The highest BCUT2D eigenvalue weighted by atomic mass is 32.2. The van der Waals surface area contributed by atoms with E-state index in [4.69, 9.17) is 0 Å². The monoisotopic (exact) mass is 246 g/mol. The SMILES string of the molecule is CN(C)CCNS(=O)(=O)c1ccccc1F. The van der Waals surface area contributed by atoms with Crippen LogP contribution in [0.15, 0.2) is 29.2 Å². The maximum Gasteiger partial charge on any atom is 0.243 e. The minimum atomic E-state index is -3.74. The van der Waals surface area contributed by atoms with Gasteiger partial charge in [-0.15, -0.1) is 0 Å². The summed E-state index contributed by atoms with van der Waals surface area (Å²) in [4.78, 5) is 1.53. The van der Waals surface area contributed by atoms with Gasteiger partial charge in [0.15, 0.2) is 0 Å². The zero-order valence-electron chi connectivity index (χ0n) is 9.27. The number of sulfonamides is 1. The highest BCUT2D eigenvalue weighted by Gasteiger charge is 2.17. The van der Waals surface area contributed by atoms with E-state index in [1.807, 2.05) is 19.0 Å². The van der Waals surface area contributed by atoms with Crippen molar-refractivity contribution >= 4 is 10.0 Å². The van der Waals surface area contributed by atoms with Crippen LogP contribution < -0.4 is 4.72 Å². The molecule has 0 aliphatic rings. The Hall–Kier alpha value is -0.980. The molecule has 16 heavy (non-hydrogen) atoms. The summed E-state index contributed by atoms with van der Waals surface area (Å²) in [6, 6.07) is 5.31. The lowest BCUT2D eigenvalue weighted by Crippen LogP contribution is -2.31. The lowest BCUT2D eigenvalue weighted by Gasteiger charge is -2.11. The second-order valence-electron chi connectivity index (χ2n) is 3.63. The zero-order chi connectivity index (χ0) is 12.2. The Morgan fingerprint density at radius 1 is 1.31 bits per heavy atom. The summed E-state index contributed by atoms with van der Waals surface area (Å²) in [5, 5.41) is 0. The van der Waals surface area contributed by atoms with Gasteiger partial charge >= 0.3 is 0 Å². The van der Waals surface area contributed by atoms with Gasteiger partial charge in [0.05, 0.1) is 0 Å². The summed E-state index contributed by atoms with van der Waals surface area (Å²) in [7, 11) is -0.0768. The first kappa shape index (κ1) is 13.1. The van der Waals surface area contributed by atoms with Crippen LogP contribution in [0.5, 0.6) is 0 Å². The second-order valence-corrected chi connectivity index (χ2v) is 5.37. The minimum absolute atomic E-state index is 0.254. The Labute approximate surface area is 95.1 Å². The first-order valence-electron chi connectivity index (χ1n) is 4.82. The quantitative estimate of drug-likeness (QED) is 0.830. The van der Waals surface area contributed by atoms with Crippen LogP contribution in [0.3, 0.4) is 0 Å². The molecular formula is C10H15FN2O2S. The third-order valence-electron chi connectivity index (χ3n) is 1.98. The van der Waals surface area contributed by atoms with E-state index < -0.39 is 15.8 Å². The van der Waals surface area contributed by atoms with Crippen molar-refractivity contribution in [2.45, 2.75) is 4.90 Å². The summed E-state index contributed by atoms with van der Waals surface area (Å²) in [6.07, 6.45) is 0. The molecule has 1 aromatic rings. The first-order chi connectivity index (χ1) is 7.43. The molecule has 0 aliphatic heterocycles. The summed E-state index contributed by atoms with van der Waals surface area (Å²) in [6.45, 7) is 0.817. The Balaban J connectivity index is 2.75. The average Bonchev–Trinajstić information content (AvgIpc) is 2.17. The fraction of sp³-hybridized carbons (Fsp3) is 0.400. The Morgan fingerprint density at radius 2 is 1.94 bits per heavy atom. The predicted octanol–water partition coefficient (Wildman–Crippen LogP) is 0.666. The third kappa shape index (κ3) is 3.55. The van der Waals surface area contributed by atoms with Crippen LogP contribution in [-0.4, -0.2) is 40.5 Å². The van der Waals surface area contributed by atoms with Gasteiger partial charge in [-0.1, -0.05) is 12.1 Å². The second kappa shape index (κ2) is 5.38. The fourth-order valence-corrected chi connectivity index (χ4v) is 2.24. The fourth-order valence-electron chi connectivity index (χ4n) is 1.14. The van der Waals surface area contributed by atoms with Crippen LogP contribution in [0.25, 0.3) is 0 Å². The highest BCUT2D eigenvalue weighted by molar-refractivity contribution is 7.89. The molecule has 90 valence electrons. The van der Waals surface area contributed by atoms with Gasteiger partial charge in [0.25, 0.3) is 0 Å². The number of halogens is 1. The summed E-state index contributed by atoms with van der Waals surface area (Å²) >= 11 is 0. The molecule has 0 saturated carbocycles. The molecule has 0 bridgehead atoms.